The standard InChI is InChI=1S/C18H22N2OS2.2C2HF3O2/c1-14-5-6-17(23-14)9-20-12-18(13-20)8-16(11-22-18)21-10-15-4-2-3-7-19-15;2*3-2(4,5)1(6)7/h2-7,16H,8-13H2,1H3;2*(H,6,7). The predicted octanol–water partition coefficient (Wildman–Crippen LogP) is 4.99. The third-order valence-corrected chi connectivity index (χ3v) is 7.61. The molecular weight excluding hydrogens is 550 g/mol. The van der Waals surface area contributed by atoms with Crippen LogP contribution in [0, 0.1) is 6.92 Å². The molecule has 2 aliphatic rings. The average molecular weight is 575 g/mol. The smallest absolute Gasteiger partial charge is 0.475 e. The van der Waals surface area contributed by atoms with Crippen molar-refractivity contribution in [2.24, 2.45) is 0 Å². The van der Waals surface area contributed by atoms with Gasteiger partial charge in [-0.05, 0) is 37.6 Å². The zero-order valence-electron chi connectivity index (χ0n) is 19.4. The number of likely N-dealkylation sites (tertiary alicyclic amines) is 1. The SMILES string of the molecule is Cc1ccc(CN2CC3(CC(OCc4ccccn4)CS3)C2)s1.O=C(O)C(F)(F)F.O=C(O)C(F)(F)F. The zero-order valence-corrected chi connectivity index (χ0v) is 21.0. The van der Waals surface area contributed by atoms with Crippen LogP contribution in [0.2, 0.25) is 0 Å². The first kappa shape index (κ1) is 30.9. The van der Waals surface area contributed by atoms with Crippen LogP contribution in [0.5, 0.6) is 0 Å². The Balaban J connectivity index is 0.000000286. The fourth-order valence-electron chi connectivity index (χ4n) is 3.49. The maximum absolute atomic E-state index is 10.6. The van der Waals surface area contributed by atoms with Crippen molar-refractivity contribution in [1.29, 1.82) is 0 Å². The normalized spacial score (nSPS) is 18.7. The number of pyridine rings is 1. The minimum atomic E-state index is -5.08. The summed E-state index contributed by atoms with van der Waals surface area (Å²) in [5.41, 5.74) is 1.03. The van der Waals surface area contributed by atoms with Crippen molar-refractivity contribution in [3.8, 4) is 0 Å². The summed E-state index contributed by atoms with van der Waals surface area (Å²) in [4.78, 5) is 27.6. The number of rotatable bonds is 5. The number of carboxylic acids is 2. The Bertz CT molecular complexity index is 1000. The lowest BCUT2D eigenvalue weighted by molar-refractivity contribution is -0.193. The van der Waals surface area contributed by atoms with E-state index in [1.165, 1.54) is 29.3 Å². The zero-order chi connectivity index (χ0) is 27.9. The third-order valence-electron chi connectivity index (χ3n) is 5.05. The highest BCUT2D eigenvalue weighted by Crippen LogP contribution is 2.46. The van der Waals surface area contributed by atoms with Gasteiger partial charge in [0.05, 0.1) is 18.4 Å². The minimum Gasteiger partial charge on any atom is -0.475 e. The number of nitrogens with zero attached hydrogens (tertiary/aromatic N) is 2. The van der Waals surface area contributed by atoms with Gasteiger partial charge >= 0.3 is 24.3 Å². The van der Waals surface area contributed by atoms with E-state index in [1.807, 2.05) is 35.7 Å². The quantitative estimate of drug-likeness (QED) is 0.482. The number of carbonyl (C=O) groups is 2. The molecule has 1 unspecified atom stereocenters. The summed E-state index contributed by atoms with van der Waals surface area (Å²) in [6.45, 7) is 6.35. The summed E-state index contributed by atoms with van der Waals surface area (Å²) in [6, 6.07) is 10.5. The highest BCUT2D eigenvalue weighted by molar-refractivity contribution is 8.01. The molecular formula is C22H24F6N2O5S2. The lowest BCUT2D eigenvalue weighted by atomic mass is 9.93. The minimum absolute atomic E-state index is 0.383. The fourth-order valence-corrected chi connectivity index (χ4v) is 6.03. The first-order chi connectivity index (χ1) is 17.1. The van der Waals surface area contributed by atoms with E-state index >= 15 is 0 Å². The van der Waals surface area contributed by atoms with Gasteiger partial charge < -0.3 is 14.9 Å². The van der Waals surface area contributed by atoms with Gasteiger partial charge in [-0.25, -0.2) is 9.59 Å². The van der Waals surface area contributed by atoms with Gasteiger partial charge in [0.2, 0.25) is 0 Å². The number of thioether (sulfide) groups is 1. The van der Waals surface area contributed by atoms with E-state index in [-0.39, 0.29) is 0 Å². The summed E-state index contributed by atoms with van der Waals surface area (Å²) in [5.74, 6) is -4.39. The predicted molar refractivity (Wildman–Crippen MR) is 124 cm³/mol. The summed E-state index contributed by atoms with van der Waals surface area (Å²) < 4.78 is 70.0. The second kappa shape index (κ2) is 12.9. The highest BCUT2D eigenvalue weighted by Gasteiger charge is 2.49. The number of hydrogen-bond donors (Lipinski definition) is 2. The van der Waals surface area contributed by atoms with Gasteiger partial charge in [0.15, 0.2) is 0 Å². The monoisotopic (exact) mass is 574 g/mol. The number of halogens is 6. The van der Waals surface area contributed by atoms with Gasteiger partial charge in [0, 0.05) is 46.1 Å². The number of thiophene rings is 1. The van der Waals surface area contributed by atoms with Crippen molar-refractivity contribution in [3.63, 3.8) is 0 Å². The molecule has 0 amide bonds. The van der Waals surface area contributed by atoms with Gasteiger partial charge in [-0.3, -0.25) is 9.88 Å². The lowest BCUT2D eigenvalue weighted by Crippen LogP contribution is -2.58. The molecule has 0 radical (unpaired) electrons. The summed E-state index contributed by atoms with van der Waals surface area (Å²) in [5, 5.41) is 14.2. The van der Waals surface area contributed by atoms with Crippen molar-refractivity contribution >= 4 is 35.0 Å². The van der Waals surface area contributed by atoms with Crippen LogP contribution >= 0.6 is 23.1 Å². The number of hydrogen-bond acceptors (Lipinski definition) is 7. The van der Waals surface area contributed by atoms with Gasteiger partial charge in [0.1, 0.15) is 0 Å². The van der Waals surface area contributed by atoms with Gasteiger partial charge in [0.25, 0.3) is 0 Å². The molecule has 15 heteroatoms. The van der Waals surface area contributed by atoms with Crippen molar-refractivity contribution in [1.82, 2.24) is 9.88 Å². The van der Waals surface area contributed by atoms with Gasteiger partial charge in [-0.1, -0.05) is 6.07 Å². The lowest BCUT2D eigenvalue weighted by Gasteiger charge is -2.47. The molecule has 0 aromatic carbocycles. The molecule has 0 saturated carbocycles. The molecule has 1 atom stereocenters. The second-order valence-electron chi connectivity index (χ2n) is 8.22. The molecule has 2 fully saturated rings. The second-order valence-corrected chi connectivity index (χ2v) is 11.1. The Morgan fingerprint density at radius 1 is 1.08 bits per heavy atom. The number of alkyl halides is 6. The molecule has 2 saturated heterocycles. The van der Waals surface area contributed by atoms with E-state index in [4.69, 9.17) is 24.5 Å². The van der Waals surface area contributed by atoms with Crippen LogP contribution in [-0.4, -0.2) is 74.1 Å². The van der Waals surface area contributed by atoms with E-state index in [2.05, 4.69) is 40.7 Å². The van der Waals surface area contributed by atoms with E-state index in [0.717, 1.165) is 18.0 Å². The third kappa shape index (κ3) is 10.5. The maximum Gasteiger partial charge on any atom is 0.490 e. The van der Waals surface area contributed by atoms with Gasteiger partial charge in [-0.15, -0.1) is 23.1 Å². The molecule has 4 rings (SSSR count). The van der Waals surface area contributed by atoms with Crippen LogP contribution in [0.1, 0.15) is 21.9 Å². The largest absolute Gasteiger partial charge is 0.490 e. The van der Waals surface area contributed by atoms with Crippen molar-refractivity contribution in [2.75, 3.05) is 18.8 Å². The number of aliphatic carboxylic acids is 2. The molecule has 4 heterocycles. The van der Waals surface area contributed by atoms with Crippen molar-refractivity contribution < 1.29 is 50.9 Å². The van der Waals surface area contributed by atoms with Gasteiger partial charge in [-0.2, -0.15) is 26.3 Å². The fraction of sp³-hybridized carbons (Fsp3) is 0.500. The number of carboxylic acid groups (broad SMARTS) is 2. The van der Waals surface area contributed by atoms with E-state index in [1.54, 1.807) is 0 Å². The van der Waals surface area contributed by atoms with E-state index < -0.39 is 24.3 Å². The molecule has 2 aromatic rings. The molecule has 2 aliphatic heterocycles. The van der Waals surface area contributed by atoms with Crippen molar-refractivity contribution in [2.45, 2.75) is 49.7 Å². The number of aryl methyl sites for hydroxylation is 1. The van der Waals surface area contributed by atoms with Crippen molar-refractivity contribution in [3.05, 3.63) is 52.0 Å². The molecule has 2 aromatic heterocycles. The molecule has 0 aliphatic carbocycles. The molecule has 1 spiro atoms. The topological polar surface area (TPSA) is 100.0 Å². The Kier molecular flexibility index (Phi) is 10.8. The molecule has 2 N–H and O–H groups in total. The van der Waals surface area contributed by atoms with E-state index in [9.17, 15) is 26.3 Å². The summed E-state index contributed by atoms with van der Waals surface area (Å²) in [7, 11) is 0. The van der Waals surface area contributed by atoms with Crippen LogP contribution in [0.4, 0.5) is 26.3 Å². The summed E-state index contributed by atoms with van der Waals surface area (Å²) >= 11 is 4.03. The Morgan fingerprint density at radius 2 is 1.68 bits per heavy atom. The summed E-state index contributed by atoms with van der Waals surface area (Å²) in [6.07, 6.45) is -6.77. The molecule has 7 nitrogen and oxygen atoms in total. The van der Waals surface area contributed by atoms with E-state index in [0.29, 0.717) is 17.5 Å². The Hall–Kier alpha value is -2.36. The number of ether oxygens (including phenoxy) is 1. The highest BCUT2D eigenvalue weighted by atomic mass is 32.2. The van der Waals surface area contributed by atoms with Crippen LogP contribution in [0.25, 0.3) is 0 Å². The first-order valence-electron chi connectivity index (χ1n) is 10.6. The molecule has 0 bridgehead atoms. The first-order valence-corrected chi connectivity index (χ1v) is 12.4. The average Bonchev–Trinajstić information content (AvgIpc) is 3.39. The van der Waals surface area contributed by atoms with Crippen LogP contribution in [-0.2, 0) is 27.5 Å². The number of aromatic nitrogens is 1. The Morgan fingerprint density at radius 3 is 2.14 bits per heavy atom. The van der Waals surface area contributed by atoms with Crippen LogP contribution in [0.15, 0.2) is 36.5 Å². The molecule has 37 heavy (non-hydrogen) atoms. The van der Waals surface area contributed by atoms with Crippen LogP contribution in [0.3, 0.4) is 0 Å². The Labute approximate surface area is 216 Å². The maximum atomic E-state index is 10.6. The van der Waals surface area contributed by atoms with Crippen LogP contribution < -0.4 is 0 Å². The molecule has 206 valence electrons.